The zero-order chi connectivity index (χ0) is 12.0. The third-order valence-electron chi connectivity index (χ3n) is 5.38. The van der Waals surface area contributed by atoms with Crippen LogP contribution in [0.2, 0.25) is 0 Å². The number of unbranched alkanes of at least 4 members (excludes halogenated alkanes) is 1. The molecular weight excluding hydrogens is 192 g/mol. The minimum atomic E-state index is 0.639. The molecule has 0 aromatic heterocycles. The van der Waals surface area contributed by atoms with Crippen molar-refractivity contribution >= 4 is 0 Å². The van der Waals surface area contributed by atoms with Crippen molar-refractivity contribution < 1.29 is 0 Å². The predicted octanol–water partition coefficient (Wildman–Crippen LogP) is 5.81. The quantitative estimate of drug-likeness (QED) is 0.512. The van der Waals surface area contributed by atoms with Gasteiger partial charge in [-0.15, -0.1) is 0 Å². The maximum Gasteiger partial charge on any atom is -0.0272 e. The average molecular weight is 224 g/mol. The second kappa shape index (κ2) is 6.67. The van der Waals surface area contributed by atoms with Gasteiger partial charge in [-0.1, -0.05) is 66.2 Å². The van der Waals surface area contributed by atoms with Crippen LogP contribution < -0.4 is 0 Å². The van der Waals surface area contributed by atoms with Crippen molar-refractivity contribution in [2.24, 2.45) is 17.3 Å². The molecular formula is C16H32. The standard InChI is InChI=1S/C16H32/c1-5-8-11-14(6-2)16(4,7-3)15-12-9-10-13-15/h14-15H,5-13H2,1-4H3. The largest absolute Gasteiger partial charge is 0.0654 e. The van der Waals surface area contributed by atoms with Crippen LogP contribution in [-0.4, -0.2) is 0 Å². The molecule has 1 aliphatic rings. The van der Waals surface area contributed by atoms with E-state index < -0.39 is 0 Å². The first-order valence-electron chi connectivity index (χ1n) is 7.69. The molecule has 2 atom stereocenters. The van der Waals surface area contributed by atoms with Gasteiger partial charge in [0.1, 0.15) is 0 Å². The summed E-state index contributed by atoms with van der Waals surface area (Å²) in [5, 5.41) is 0. The Balaban J connectivity index is 2.66. The van der Waals surface area contributed by atoms with E-state index in [1.54, 1.807) is 0 Å². The highest BCUT2D eigenvalue weighted by Gasteiger charge is 2.39. The minimum Gasteiger partial charge on any atom is -0.0654 e. The Morgan fingerprint density at radius 2 is 1.75 bits per heavy atom. The summed E-state index contributed by atoms with van der Waals surface area (Å²) in [7, 11) is 0. The van der Waals surface area contributed by atoms with Crippen LogP contribution in [0.4, 0.5) is 0 Å². The van der Waals surface area contributed by atoms with Gasteiger partial charge in [-0.25, -0.2) is 0 Å². The van der Waals surface area contributed by atoms with E-state index in [4.69, 9.17) is 0 Å². The van der Waals surface area contributed by atoms with Crippen LogP contribution in [0.15, 0.2) is 0 Å². The molecule has 0 N–H and O–H groups in total. The smallest absolute Gasteiger partial charge is 0.0272 e. The van der Waals surface area contributed by atoms with Gasteiger partial charge in [-0.05, 0) is 36.5 Å². The van der Waals surface area contributed by atoms with Crippen molar-refractivity contribution in [2.75, 3.05) is 0 Å². The molecule has 0 aromatic rings. The summed E-state index contributed by atoms with van der Waals surface area (Å²) in [6.07, 6.45) is 13.0. The fourth-order valence-corrected chi connectivity index (χ4v) is 3.95. The third-order valence-corrected chi connectivity index (χ3v) is 5.38. The summed E-state index contributed by atoms with van der Waals surface area (Å²) < 4.78 is 0. The Morgan fingerprint density at radius 1 is 1.12 bits per heavy atom. The van der Waals surface area contributed by atoms with E-state index in [-0.39, 0.29) is 0 Å². The van der Waals surface area contributed by atoms with Gasteiger partial charge in [0.05, 0.1) is 0 Å². The summed E-state index contributed by atoms with van der Waals surface area (Å²) in [6, 6.07) is 0. The lowest BCUT2D eigenvalue weighted by atomic mass is 9.63. The van der Waals surface area contributed by atoms with Crippen LogP contribution in [0.3, 0.4) is 0 Å². The topological polar surface area (TPSA) is 0 Å². The van der Waals surface area contributed by atoms with E-state index in [1.807, 2.05) is 0 Å². The molecule has 1 saturated carbocycles. The average Bonchev–Trinajstić information content (AvgIpc) is 2.83. The molecule has 0 aromatic carbocycles. The zero-order valence-electron chi connectivity index (χ0n) is 12.0. The molecule has 0 saturated heterocycles. The summed E-state index contributed by atoms with van der Waals surface area (Å²) >= 11 is 0. The predicted molar refractivity (Wildman–Crippen MR) is 73.7 cm³/mol. The molecule has 0 radical (unpaired) electrons. The van der Waals surface area contributed by atoms with Crippen LogP contribution >= 0.6 is 0 Å². The lowest BCUT2D eigenvalue weighted by Gasteiger charge is -2.42. The molecule has 0 heterocycles. The summed E-state index contributed by atoms with van der Waals surface area (Å²) in [5.41, 5.74) is 0.639. The first-order chi connectivity index (χ1) is 7.69. The Hall–Kier alpha value is 0. The number of hydrogen-bond donors (Lipinski definition) is 0. The van der Waals surface area contributed by atoms with Gasteiger partial charge in [0, 0.05) is 0 Å². The van der Waals surface area contributed by atoms with E-state index in [1.165, 1.54) is 57.8 Å². The van der Waals surface area contributed by atoms with Crippen molar-refractivity contribution in [1.82, 2.24) is 0 Å². The van der Waals surface area contributed by atoms with Gasteiger partial charge in [-0.3, -0.25) is 0 Å². The van der Waals surface area contributed by atoms with Crippen LogP contribution in [0.5, 0.6) is 0 Å². The Morgan fingerprint density at radius 3 is 2.19 bits per heavy atom. The first kappa shape index (κ1) is 14.1. The maximum absolute atomic E-state index is 2.59. The molecule has 1 rings (SSSR count). The summed E-state index contributed by atoms with van der Waals surface area (Å²) in [6.45, 7) is 9.74. The lowest BCUT2D eigenvalue weighted by molar-refractivity contribution is 0.0763. The molecule has 2 unspecified atom stereocenters. The molecule has 1 fully saturated rings. The second-order valence-electron chi connectivity index (χ2n) is 6.09. The van der Waals surface area contributed by atoms with E-state index >= 15 is 0 Å². The molecule has 0 spiro atoms. The first-order valence-corrected chi connectivity index (χ1v) is 7.69. The highest BCUT2D eigenvalue weighted by Crippen LogP contribution is 2.49. The van der Waals surface area contributed by atoms with Gasteiger partial charge >= 0.3 is 0 Å². The van der Waals surface area contributed by atoms with Crippen molar-refractivity contribution in [1.29, 1.82) is 0 Å². The van der Waals surface area contributed by atoms with Crippen molar-refractivity contribution in [3.63, 3.8) is 0 Å². The van der Waals surface area contributed by atoms with Crippen LogP contribution in [0.25, 0.3) is 0 Å². The molecule has 0 aliphatic heterocycles. The van der Waals surface area contributed by atoms with Crippen molar-refractivity contribution in [3.05, 3.63) is 0 Å². The molecule has 0 amide bonds. The summed E-state index contributed by atoms with van der Waals surface area (Å²) in [5.74, 6) is 2.00. The highest BCUT2D eigenvalue weighted by atomic mass is 14.4. The molecule has 96 valence electrons. The van der Waals surface area contributed by atoms with Gasteiger partial charge in [-0.2, -0.15) is 0 Å². The molecule has 16 heavy (non-hydrogen) atoms. The highest BCUT2D eigenvalue weighted by molar-refractivity contribution is 4.89. The van der Waals surface area contributed by atoms with Gasteiger partial charge in [0.25, 0.3) is 0 Å². The molecule has 1 aliphatic carbocycles. The van der Waals surface area contributed by atoms with Gasteiger partial charge in [0.2, 0.25) is 0 Å². The summed E-state index contributed by atoms with van der Waals surface area (Å²) in [4.78, 5) is 0. The SMILES string of the molecule is CCCCC(CC)C(C)(CC)C1CCCC1. The van der Waals surface area contributed by atoms with Gasteiger partial charge in [0.15, 0.2) is 0 Å². The molecule has 0 nitrogen and oxygen atoms in total. The fraction of sp³-hybridized carbons (Fsp3) is 1.00. The third kappa shape index (κ3) is 3.02. The zero-order valence-corrected chi connectivity index (χ0v) is 12.0. The molecule has 0 heteroatoms. The van der Waals surface area contributed by atoms with Crippen molar-refractivity contribution in [2.45, 2.75) is 85.5 Å². The van der Waals surface area contributed by atoms with Crippen LogP contribution in [0, 0.1) is 17.3 Å². The van der Waals surface area contributed by atoms with E-state index in [9.17, 15) is 0 Å². The van der Waals surface area contributed by atoms with Crippen molar-refractivity contribution in [3.8, 4) is 0 Å². The van der Waals surface area contributed by atoms with Crippen LogP contribution in [0.1, 0.15) is 85.5 Å². The normalized spacial score (nSPS) is 23.2. The van der Waals surface area contributed by atoms with E-state index in [0.717, 1.165) is 11.8 Å². The monoisotopic (exact) mass is 224 g/mol. The maximum atomic E-state index is 2.59. The Kier molecular flexibility index (Phi) is 5.86. The number of hydrogen-bond acceptors (Lipinski definition) is 0. The second-order valence-corrected chi connectivity index (χ2v) is 6.09. The van der Waals surface area contributed by atoms with E-state index in [2.05, 4.69) is 27.7 Å². The molecule has 0 bridgehead atoms. The Bertz CT molecular complexity index is 178. The van der Waals surface area contributed by atoms with Crippen LogP contribution in [-0.2, 0) is 0 Å². The number of rotatable bonds is 7. The lowest BCUT2D eigenvalue weighted by Crippen LogP contribution is -2.33. The minimum absolute atomic E-state index is 0.639. The van der Waals surface area contributed by atoms with E-state index in [0.29, 0.717) is 5.41 Å². The Labute approximate surface area is 103 Å². The van der Waals surface area contributed by atoms with Gasteiger partial charge < -0.3 is 0 Å². The fourth-order valence-electron chi connectivity index (χ4n) is 3.95.